The van der Waals surface area contributed by atoms with E-state index >= 15 is 0 Å². The minimum Gasteiger partial charge on any atom is -0.353 e. The van der Waals surface area contributed by atoms with E-state index in [9.17, 15) is 4.79 Å². The van der Waals surface area contributed by atoms with Gasteiger partial charge in [0.25, 0.3) is 0 Å². The first-order valence-corrected chi connectivity index (χ1v) is 9.00. The van der Waals surface area contributed by atoms with Gasteiger partial charge in [0, 0.05) is 39.7 Å². The number of carbonyl (C=O) groups excluding carboxylic acids is 1. The summed E-state index contributed by atoms with van der Waals surface area (Å²) in [6.45, 7) is 5.27. The maximum Gasteiger partial charge on any atom is 0.240 e. The molecule has 1 aliphatic carbocycles. The van der Waals surface area contributed by atoms with E-state index in [1.54, 1.807) is 0 Å². The second-order valence-corrected chi connectivity index (χ2v) is 7.35. The molecular weight excluding hydrogens is 354 g/mol. The minimum atomic E-state index is 0.0670. The number of amides is 1. The Morgan fingerprint density at radius 3 is 2.83 bits per heavy atom. The Labute approximate surface area is 146 Å². The number of likely N-dealkylation sites (N-methyl/N-ethyl adjacent to an activating group) is 1. The van der Waals surface area contributed by atoms with Crippen molar-refractivity contribution in [2.24, 2.45) is 0 Å². The Bertz CT molecular complexity index is 720. The molecule has 1 aromatic heterocycles. The van der Waals surface area contributed by atoms with Gasteiger partial charge in [0.2, 0.25) is 5.91 Å². The average Bonchev–Trinajstić information content (AvgIpc) is 3.37. The molecule has 4 nitrogen and oxygen atoms in total. The Hall–Kier alpha value is -1.33. The standard InChI is InChI=1S/C18H24BrN3O/c1-12(21(3)14-8-9-14)10-20-17(23)11-22-13(2)18(19)15-6-4-5-7-16(15)22/h4-7,12,14H,8-11H2,1-3H3,(H,20,23). The van der Waals surface area contributed by atoms with Crippen LogP contribution in [0.5, 0.6) is 0 Å². The zero-order chi connectivity index (χ0) is 16.6. The number of para-hydroxylation sites is 1. The highest BCUT2D eigenvalue weighted by Crippen LogP contribution is 2.30. The van der Waals surface area contributed by atoms with Gasteiger partial charge in [0.15, 0.2) is 0 Å². The van der Waals surface area contributed by atoms with Crippen molar-refractivity contribution in [3.05, 3.63) is 34.4 Å². The van der Waals surface area contributed by atoms with Crippen LogP contribution in [-0.2, 0) is 11.3 Å². The average molecular weight is 378 g/mol. The van der Waals surface area contributed by atoms with Crippen molar-refractivity contribution in [3.8, 4) is 0 Å². The fourth-order valence-electron chi connectivity index (χ4n) is 3.04. The van der Waals surface area contributed by atoms with Crippen LogP contribution in [0.4, 0.5) is 0 Å². The summed E-state index contributed by atoms with van der Waals surface area (Å²) in [5.74, 6) is 0.0670. The van der Waals surface area contributed by atoms with E-state index in [4.69, 9.17) is 0 Å². The predicted molar refractivity (Wildman–Crippen MR) is 97.6 cm³/mol. The van der Waals surface area contributed by atoms with Gasteiger partial charge in [-0.2, -0.15) is 0 Å². The quantitative estimate of drug-likeness (QED) is 0.838. The second kappa shape index (κ2) is 6.65. The third-order valence-electron chi connectivity index (χ3n) is 4.87. The van der Waals surface area contributed by atoms with E-state index in [0.29, 0.717) is 25.2 Å². The van der Waals surface area contributed by atoms with Gasteiger partial charge in [-0.15, -0.1) is 0 Å². The maximum atomic E-state index is 12.4. The highest BCUT2D eigenvalue weighted by atomic mass is 79.9. The van der Waals surface area contributed by atoms with Gasteiger partial charge in [0.05, 0.1) is 0 Å². The minimum absolute atomic E-state index is 0.0670. The molecule has 1 aromatic carbocycles. The predicted octanol–water partition coefficient (Wildman–Crippen LogP) is 3.31. The molecule has 124 valence electrons. The molecule has 3 rings (SSSR count). The second-order valence-electron chi connectivity index (χ2n) is 6.55. The number of nitrogens with one attached hydrogen (secondary N) is 1. The lowest BCUT2D eigenvalue weighted by Crippen LogP contribution is -2.42. The first-order chi connectivity index (χ1) is 11.0. The number of hydrogen-bond acceptors (Lipinski definition) is 2. The Morgan fingerprint density at radius 2 is 2.13 bits per heavy atom. The normalized spacial score (nSPS) is 16.0. The summed E-state index contributed by atoms with van der Waals surface area (Å²) in [5, 5.41) is 4.23. The van der Waals surface area contributed by atoms with Gasteiger partial charge in [-0.3, -0.25) is 9.69 Å². The SMILES string of the molecule is Cc1c(Br)c2ccccc2n1CC(=O)NCC(C)N(C)C1CC1. The van der Waals surface area contributed by atoms with Gasteiger partial charge in [0.1, 0.15) is 6.54 Å². The van der Waals surface area contributed by atoms with Crippen LogP contribution in [0.15, 0.2) is 28.7 Å². The summed E-state index contributed by atoms with van der Waals surface area (Å²) < 4.78 is 3.15. The largest absolute Gasteiger partial charge is 0.353 e. The molecule has 1 fully saturated rings. The van der Waals surface area contributed by atoms with Crippen LogP contribution in [0, 0.1) is 6.92 Å². The number of rotatable bonds is 6. The number of hydrogen-bond donors (Lipinski definition) is 1. The molecule has 1 unspecified atom stereocenters. The molecular formula is C18H24BrN3O. The Balaban J connectivity index is 1.65. The van der Waals surface area contributed by atoms with Crippen LogP contribution >= 0.6 is 15.9 Å². The van der Waals surface area contributed by atoms with Crippen molar-refractivity contribution < 1.29 is 4.79 Å². The van der Waals surface area contributed by atoms with E-state index in [-0.39, 0.29) is 5.91 Å². The summed E-state index contributed by atoms with van der Waals surface area (Å²) in [5.41, 5.74) is 2.18. The Morgan fingerprint density at radius 1 is 1.43 bits per heavy atom. The number of nitrogens with zero attached hydrogens (tertiary/aromatic N) is 2. The fourth-order valence-corrected chi connectivity index (χ4v) is 3.59. The van der Waals surface area contributed by atoms with Gasteiger partial charge in [-0.05, 0) is 55.7 Å². The highest BCUT2D eigenvalue weighted by molar-refractivity contribution is 9.10. The monoisotopic (exact) mass is 377 g/mol. The summed E-state index contributed by atoms with van der Waals surface area (Å²) in [6.07, 6.45) is 2.58. The van der Waals surface area contributed by atoms with Crippen molar-refractivity contribution in [3.63, 3.8) is 0 Å². The molecule has 1 atom stereocenters. The summed E-state index contributed by atoms with van der Waals surface area (Å²) in [6, 6.07) is 9.26. The molecule has 1 heterocycles. The van der Waals surface area contributed by atoms with Gasteiger partial charge in [-0.1, -0.05) is 18.2 Å². The topological polar surface area (TPSA) is 37.3 Å². The number of fused-ring (bicyclic) bond motifs is 1. The summed E-state index contributed by atoms with van der Waals surface area (Å²) >= 11 is 3.64. The van der Waals surface area contributed by atoms with E-state index in [2.05, 4.69) is 56.8 Å². The van der Waals surface area contributed by atoms with E-state index < -0.39 is 0 Å². The third kappa shape index (κ3) is 3.45. The van der Waals surface area contributed by atoms with Crippen molar-refractivity contribution in [1.82, 2.24) is 14.8 Å². The zero-order valence-corrected chi connectivity index (χ0v) is 15.6. The third-order valence-corrected chi connectivity index (χ3v) is 5.87. The van der Waals surface area contributed by atoms with Crippen molar-refractivity contribution >= 4 is 32.7 Å². The first kappa shape index (κ1) is 16.5. The maximum absolute atomic E-state index is 12.4. The summed E-state index contributed by atoms with van der Waals surface area (Å²) in [7, 11) is 2.15. The van der Waals surface area contributed by atoms with Crippen LogP contribution < -0.4 is 5.32 Å². The van der Waals surface area contributed by atoms with E-state index in [1.807, 2.05) is 19.1 Å². The molecule has 23 heavy (non-hydrogen) atoms. The first-order valence-electron chi connectivity index (χ1n) is 8.21. The van der Waals surface area contributed by atoms with Crippen molar-refractivity contribution in [2.75, 3.05) is 13.6 Å². The van der Waals surface area contributed by atoms with Crippen molar-refractivity contribution in [2.45, 2.75) is 45.3 Å². The highest BCUT2D eigenvalue weighted by Gasteiger charge is 2.29. The molecule has 2 aromatic rings. The van der Waals surface area contributed by atoms with E-state index in [1.165, 1.54) is 12.8 Å². The van der Waals surface area contributed by atoms with Crippen LogP contribution in [0.3, 0.4) is 0 Å². The molecule has 1 amide bonds. The van der Waals surface area contributed by atoms with Crippen LogP contribution in [0.25, 0.3) is 10.9 Å². The number of aromatic nitrogens is 1. The van der Waals surface area contributed by atoms with E-state index in [0.717, 1.165) is 21.1 Å². The number of carbonyl (C=O) groups is 1. The molecule has 5 heteroatoms. The summed E-state index contributed by atoms with van der Waals surface area (Å²) in [4.78, 5) is 14.7. The van der Waals surface area contributed by atoms with Gasteiger partial charge in [-0.25, -0.2) is 0 Å². The number of halogens is 1. The molecule has 0 aliphatic heterocycles. The van der Waals surface area contributed by atoms with Crippen LogP contribution in [0.1, 0.15) is 25.5 Å². The Kier molecular flexibility index (Phi) is 4.78. The lowest BCUT2D eigenvalue weighted by atomic mass is 10.2. The smallest absolute Gasteiger partial charge is 0.240 e. The molecule has 1 saturated carbocycles. The molecule has 1 N–H and O–H groups in total. The molecule has 0 radical (unpaired) electrons. The lowest BCUT2D eigenvalue weighted by molar-refractivity contribution is -0.121. The fraction of sp³-hybridized carbons (Fsp3) is 0.500. The van der Waals surface area contributed by atoms with Gasteiger partial charge < -0.3 is 9.88 Å². The van der Waals surface area contributed by atoms with Crippen LogP contribution in [-0.4, -0.2) is 41.1 Å². The van der Waals surface area contributed by atoms with Gasteiger partial charge >= 0.3 is 0 Å². The molecule has 0 spiro atoms. The van der Waals surface area contributed by atoms with Crippen molar-refractivity contribution in [1.29, 1.82) is 0 Å². The lowest BCUT2D eigenvalue weighted by Gasteiger charge is -2.24. The van der Waals surface area contributed by atoms with Crippen LogP contribution in [0.2, 0.25) is 0 Å². The molecule has 1 aliphatic rings. The molecule has 0 bridgehead atoms. The zero-order valence-electron chi connectivity index (χ0n) is 14.0. The number of benzene rings is 1. The molecule has 0 saturated heterocycles.